The lowest BCUT2D eigenvalue weighted by Gasteiger charge is -2.26. The van der Waals surface area contributed by atoms with Gasteiger partial charge in [0.2, 0.25) is 0 Å². The number of hydrogen-bond donors (Lipinski definition) is 0. The molecule has 2 aromatic carbocycles. The van der Waals surface area contributed by atoms with Crippen molar-refractivity contribution >= 4 is 6.08 Å². The number of aryl methyl sites for hydroxylation is 1. The summed E-state index contributed by atoms with van der Waals surface area (Å²) in [5.74, 6) is 2.02. The van der Waals surface area contributed by atoms with Crippen molar-refractivity contribution in [3.8, 4) is 11.5 Å². The third-order valence-electron chi connectivity index (χ3n) is 4.28. The number of rotatable bonds is 4. The van der Waals surface area contributed by atoms with Crippen LogP contribution in [0.4, 0.5) is 0 Å². The van der Waals surface area contributed by atoms with Gasteiger partial charge in [0.1, 0.15) is 0 Å². The maximum atomic E-state index is 6.06. The number of benzene rings is 2. The molecular formula is C21H24O2. The average molecular weight is 308 g/mol. The first-order valence-corrected chi connectivity index (χ1v) is 8.20. The number of methoxy groups -OCH3 is 1. The van der Waals surface area contributed by atoms with Gasteiger partial charge in [-0.25, -0.2) is 0 Å². The number of allylic oxidation sites excluding steroid dienone is 1. The quantitative estimate of drug-likeness (QED) is 0.759. The molecule has 3 rings (SSSR count). The lowest BCUT2D eigenvalue weighted by Crippen LogP contribution is -2.12. The van der Waals surface area contributed by atoms with Crippen LogP contribution in [0.15, 0.2) is 42.5 Å². The summed E-state index contributed by atoms with van der Waals surface area (Å²) in [6.07, 6.45) is 5.53. The van der Waals surface area contributed by atoms with Gasteiger partial charge in [0.15, 0.2) is 11.5 Å². The Hall–Kier alpha value is -2.22. The number of hydrogen-bond acceptors (Lipinski definition) is 2. The molecule has 0 aromatic heterocycles. The topological polar surface area (TPSA) is 18.5 Å². The van der Waals surface area contributed by atoms with Crippen LogP contribution in [0, 0.1) is 6.92 Å². The van der Waals surface area contributed by atoms with Crippen LogP contribution in [0.2, 0.25) is 0 Å². The monoisotopic (exact) mass is 308 g/mol. The Kier molecular flexibility index (Phi) is 4.42. The Balaban J connectivity index is 2.09. The van der Waals surface area contributed by atoms with Crippen molar-refractivity contribution in [2.75, 3.05) is 7.11 Å². The summed E-state index contributed by atoms with van der Waals surface area (Å²) in [4.78, 5) is 0. The summed E-state index contributed by atoms with van der Waals surface area (Å²) in [5, 5.41) is 0. The predicted octanol–water partition coefficient (Wildman–Crippen LogP) is 5.34. The zero-order chi connectivity index (χ0) is 16.4. The molecule has 0 amide bonds. The molecule has 120 valence electrons. The normalized spacial score (nSPS) is 16.3. The van der Waals surface area contributed by atoms with Gasteiger partial charge in [0.25, 0.3) is 0 Å². The highest BCUT2D eigenvalue weighted by atomic mass is 16.5. The largest absolute Gasteiger partial charge is 0.493 e. The SMILES string of the molecule is COc1ccc2c(c1OC(C)C)C=CCC2c1ccc(C)cc1. The summed E-state index contributed by atoms with van der Waals surface area (Å²) in [6.45, 7) is 6.21. The highest BCUT2D eigenvalue weighted by molar-refractivity contribution is 5.69. The highest BCUT2D eigenvalue weighted by Crippen LogP contribution is 2.43. The number of ether oxygens (including phenoxy) is 2. The van der Waals surface area contributed by atoms with Crippen molar-refractivity contribution in [1.29, 1.82) is 0 Å². The van der Waals surface area contributed by atoms with Gasteiger partial charge in [-0.1, -0.05) is 48.0 Å². The molecule has 0 bridgehead atoms. The molecule has 2 nitrogen and oxygen atoms in total. The van der Waals surface area contributed by atoms with Crippen LogP contribution in [0.5, 0.6) is 11.5 Å². The molecule has 0 saturated heterocycles. The molecule has 0 aliphatic heterocycles. The van der Waals surface area contributed by atoms with Crippen molar-refractivity contribution in [3.05, 3.63) is 64.7 Å². The maximum Gasteiger partial charge on any atom is 0.169 e. The van der Waals surface area contributed by atoms with Gasteiger partial charge in [0.05, 0.1) is 13.2 Å². The summed E-state index contributed by atoms with van der Waals surface area (Å²) in [5.41, 5.74) is 5.10. The van der Waals surface area contributed by atoms with E-state index in [1.807, 2.05) is 19.9 Å². The second-order valence-corrected chi connectivity index (χ2v) is 6.37. The first-order chi connectivity index (χ1) is 11.1. The summed E-state index contributed by atoms with van der Waals surface area (Å²) < 4.78 is 11.6. The Morgan fingerprint density at radius 2 is 1.78 bits per heavy atom. The van der Waals surface area contributed by atoms with Crippen molar-refractivity contribution < 1.29 is 9.47 Å². The predicted molar refractivity (Wildman–Crippen MR) is 95.4 cm³/mol. The van der Waals surface area contributed by atoms with E-state index in [1.54, 1.807) is 7.11 Å². The van der Waals surface area contributed by atoms with Gasteiger partial charge >= 0.3 is 0 Å². The average Bonchev–Trinajstić information content (AvgIpc) is 2.55. The molecule has 0 radical (unpaired) electrons. The third-order valence-corrected chi connectivity index (χ3v) is 4.28. The molecule has 0 saturated carbocycles. The van der Waals surface area contributed by atoms with E-state index < -0.39 is 0 Å². The van der Waals surface area contributed by atoms with Gasteiger partial charge in [-0.3, -0.25) is 0 Å². The van der Waals surface area contributed by atoms with Crippen LogP contribution < -0.4 is 9.47 Å². The number of fused-ring (bicyclic) bond motifs is 1. The first kappa shape index (κ1) is 15.7. The van der Waals surface area contributed by atoms with Gasteiger partial charge in [-0.15, -0.1) is 0 Å². The molecule has 0 spiro atoms. The molecule has 0 heterocycles. The van der Waals surface area contributed by atoms with Gasteiger partial charge in [-0.05, 0) is 44.4 Å². The van der Waals surface area contributed by atoms with E-state index in [0.29, 0.717) is 5.92 Å². The van der Waals surface area contributed by atoms with Crippen molar-refractivity contribution in [3.63, 3.8) is 0 Å². The van der Waals surface area contributed by atoms with E-state index in [9.17, 15) is 0 Å². The minimum absolute atomic E-state index is 0.114. The lowest BCUT2D eigenvalue weighted by atomic mass is 9.81. The Bertz CT molecular complexity index is 711. The molecule has 2 aromatic rings. The van der Waals surface area contributed by atoms with Crippen LogP contribution in [0.3, 0.4) is 0 Å². The smallest absolute Gasteiger partial charge is 0.169 e. The molecule has 1 aliphatic rings. The second-order valence-electron chi connectivity index (χ2n) is 6.37. The zero-order valence-electron chi connectivity index (χ0n) is 14.3. The highest BCUT2D eigenvalue weighted by Gasteiger charge is 2.24. The van der Waals surface area contributed by atoms with Crippen LogP contribution in [-0.4, -0.2) is 13.2 Å². The molecule has 1 unspecified atom stereocenters. The van der Waals surface area contributed by atoms with Gasteiger partial charge in [0, 0.05) is 11.5 Å². The fraction of sp³-hybridized carbons (Fsp3) is 0.333. The molecule has 1 atom stereocenters. The maximum absolute atomic E-state index is 6.06. The van der Waals surface area contributed by atoms with Crippen LogP contribution in [0.25, 0.3) is 6.08 Å². The molecule has 1 aliphatic carbocycles. The van der Waals surface area contributed by atoms with E-state index in [-0.39, 0.29) is 6.10 Å². The summed E-state index contributed by atoms with van der Waals surface area (Å²) in [6, 6.07) is 13.0. The Labute approximate surface area is 138 Å². The molecular weight excluding hydrogens is 284 g/mol. The van der Waals surface area contributed by atoms with Crippen molar-refractivity contribution in [1.82, 2.24) is 0 Å². The Morgan fingerprint density at radius 1 is 1.04 bits per heavy atom. The molecule has 2 heteroatoms. The lowest BCUT2D eigenvalue weighted by molar-refractivity contribution is 0.229. The minimum Gasteiger partial charge on any atom is -0.493 e. The van der Waals surface area contributed by atoms with E-state index in [1.165, 1.54) is 16.7 Å². The van der Waals surface area contributed by atoms with Crippen LogP contribution in [-0.2, 0) is 0 Å². The molecule has 0 fully saturated rings. The molecule has 0 N–H and O–H groups in total. The van der Waals surface area contributed by atoms with Crippen LogP contribution in [0.1, 0.15) is 48.4 Å². The van der Waals surface area contributed by atoms with Crippen LogP contribution >= 0.6 is 0 Å². The summed E-state index contributed by atoms with van der Waals surface area (Å²) in [7, 11) is 1.69. The second kappa shape index (κ2) is 6.49. The van der Waals surface area contributed by atoms with Gasteiger partial charge < -0.3 is 9.47 Å². The fourth-order valence-corrected chi connectivity index (χ4v) is 3.15. The fourth-order valence-electron chi connectivity index (χ4n) is 3.15. The minimum atomic E-state index is 0.114. The first-order valence-electron chi connectivity index (χ1n) is 8.20. The third kappa shape index (κ3) is 3.12. The van der Waals surface area contributed by atoms with E-state index >= 15 is 0 Å². The zero-order valence-corrected chi connectivity index (χ0v) is 14.3. The van der Waals surface area contributed by atoms with E-state index in [2.05, 4.69) is 49.4 Å². The van der Waals surface area contributed by atoms with Crippen molar-refractivity contribution in [2.45, 2.75) is 39.2 Å². The summed E-state index contributed by atoms with van der Waals surface area (Å²) >= 11 is 0. The van der Waals surface area contributed by atoms with E-state index in [0.717, 1.165) is 23.5 Å². The molecule has 23 heavy (non-hydrogen) atoms. The van der Waals surface area contributed by atoms with Gasteiger partial charge in [-0.2, -0.15) is 0 Å². The standard InChI is InChI=1S/C21H24O2/c1-14(2)23-21-19-7-5-6-17(16-10-8-15(3)9-11-16)18(19)12-13-20(21)22-4/h5,7-14,17H,6H2,1-4H3. The van der Waals surface area contributed by atoms with Crippen molar-refractivity contribution in [2.24, 2.45) is 0 Å². The van der Waals surface area contributed by atoms with E-state index in [4.69, 9.17) is 9.47 Å². The Morgan fingerprint density at radius 3 is 2.43 bits per heavy atom.